The molecule has 0 aliphatic rings. The van der Waals surface area contributed by atoms with E-state index in [4.69, 9.17) is 0 Å². The molecule has 3 heteroatoms. The van der Waals surface area contributed by atoms with Crippen molar-refractivity contribution < 1.29 is 9.90 Å². The maximum absolute atomic E-state index is 12.2. The van der Waals surface area contributed by atoms with Gasteiger partial charge in [0, 0.05) is 12.1 Å². The number of aliphatic hydroxyl groups excluding tert-OH is 1. The van der Waals surface area contributed by atoms with Crippen LogP contribution >= 0.6 is 0 Å². The maximum Gasteiger partial charge on any atom is 0.251 e. The molecule has 3 rings (SSSR count). The summed E-state index contributed by atoms with van der Waals surface area (Å²) in [5.74, 6) is -0.164. The van der Waals surface area contributed by atoms with Crippen LogP contribution in [0.15, 0.2) is 66.7 Å². The van der Waals surface area contributed by atoms with Crippen molar-refractivity contribution in [3.63, 3.8) is 0 Å². The van der Waals surface area contributed by atoms with E-state index >= 15 is 0 Å². The highest BCUT2D eigenvalue weighted by Gasteiger charge is 2.12. The second-order valence-electron chi connectivity index (χ2n) is 5.65. The number of fused-ring (bicyclic) bond motifs is 1. The van der Waals surface area contributed by atoms with E-state index in [1.165, 1.54) is 0 Å². The number of amides is 1. The Labute approximate surface area is 135 Å². The van der Waals surface area contributed by atoms with Crippen molar-refractivity contribution in [1.29, 1.82) is 0 Å². The van der Waals surface area contributed by atoms with E-state index in [1.54, 1.807) is 6.07 Å². The third-order valence-electron chi connectivity index (χ3n) is 4.00. The number of hydrogen-bond donors (Lipinski definition) is 2. The van der Waals surface area contributed by atoms with Crippen LogP contribution in [0.4, 0.5) is 0 Å². The van der Waals surface area contributed by atoms with Crippen LogP contribution in [-0.4, -0.2) is 17.6 Å². The Morgan fingerprint density at radius 1 is 1.00 bits per heavy atom. The van der Waals surface area contributed by atoms with Gasteiger partial charge in [0.05, 0.1) is 6.10 Å². The van der Waals surface area contributed by atoms with Crippen molar-refractivity contribution in [2.45, 2.75) is 13.0 Å². The number of benzene rings is 3. The van der Waals surface area contributed by atoms with Crippen LogP contribution in [0, 0.1) is 6.92 Å². The van der Waals surface area contributed by atoms with Crippen molar-refractivity contribution in [3.8, 4) is 0 Å². The summed E-state index contributed by atoms with van der Waals surface area (Å²) in [7, 11) is 0. The predicted molar refractivity (Wildman–Crippen MR) is 92.4 cm³/mol. The first-order chi connectivity index (χ1) is 11.1. The molecule has 1 atom stereocenters. The third-order valence-corrected chi connectivity index (χ3v) is 4.00. The van der Waals surface area contributed by atoms with Gasteiger partial charge in [-0.1, -0.05) is 54.6 Å². The molecule has 3 aromatic carbocycles. The van der Waals surface area contributed by atoms with Crippen molar-refractivity contribution in [2.75, 3.05) is 6.54 Å². The molecule has 0 fully saturated rings. The second-order valence-corrected chi connectivity index (χ2v) is 5.65. The largest absolute Gasteiger partial charge is 0.387 e. The number of carbonyl (C=O) groups is 1. The molecule has 0 aliphatic heterocycles. The summed E-state index contributed by atoms with van der Waals surface area (Å²) in [5.41, 5.74) is 2.36. The van der Waals surface area contributed by atoms with Gasteiger partial charge in [0.15, 0.2) is 0 Å². The molecule has 0 heterocycles. The van der Waals surface area contributed by atoms with Gasteiger partial charge in [-0.25, -0.2) is 0 Å². The van der Waals surface area contributed by atoms with Gasteiger partial charge in [-0.05, 0) is 41.0 Å². The van der Waals surface area contributed by atoms with Gasteiger partial charge >= 0.3 is 0 Å². The average Bonchev–Trinajstić information content (AvgIpc) is 2.59. The van der Waals surface area contributed by atoms with Crippen molar-refractivity contribution in [1.82, 2.24) is 5.32 Å². The molecule has 0 saturated carbocycles. The summed E-state index contributed by atoms with van der Waals surface area (Å²) in [6.07, 6.45) is -0.729. The molecule has 2 N–H and O–H groups in total. The highest BCUT2D eigenvalue weighted by atomic mass is 16.3. The normalized spacial score (nSPS) is 12.1. The van der Waals surface area contributed by atoms with Crippen LogP contribution in [0.3, 0.4) is 0 Å². The fourth-order valence-corrected chi connectivity index (χ4v) is 2.65. The molecule has 116 valence electrons. The highest BCUT2D eigenvalue weighted by Crippen LogP contribution is 2.20. The molecule has 1 unspecified atom stereocenters. The Balaban J connectivity index is 1.70. The molecule has 0 bridgehead atoms. The summed E-state index contributed by atoms with van der Waals surface area (Å²) in [4.78, 5) is 12.2. The quantitative estimate of drug-likeness (QED) is 0.773. The average molecular weight is 305 g/mol. The Bertz CT molecular complexity index is 842. The second kappa shape index (κ2) is 6.63. The molecular formula is C20H19NO2. The molecule has 1 amide bonds. The molecule has 0 spiro atoms. The minimum atomic E-state index is -0.729. The first kappa shape index (κ1) is 15.3. The minimum Gasteiger partial charge on any atom is -0.387 e. The van der Waals surface area contributed by atoms with Crippen molar-refractivity contribution in [2.24, 2.45) is 0 Å². The Morgan fingerprint density at radius 2 is 1.70 bits per heavy atom. The van der Waals surface area contributed by atoms with Gasteiger partial charge in [-0.2, -0.15) is 0 Å². The lowest BCUT2D eigenvalue weighted by Gasteiger charge is -2.14. The molecule has 0 aliphatic carbocycles. The fraction of sp³-hybridized carbons (Fsp3) is 0.150. The van der Waals surface area contributed by atoms with Crippen LogP contribution in [0.5, 0.6) is 0 Å². The van der Waals surface area contributed by atoms with E-state index in [2.05, 4.69) is 5.32 Å². The molecule has 0 radical (unpaired) electrons. The predicted octanol–water partition coefficient (Wildman–Crippen LogP) is 3.61. The molecule has 3 aromatic rings. The first-order valence-corrected chi connectivity index (χ1v) is 7.66. The van der Waals surface area contributed by atoms with Crippen LogP contribution in [-0.2, 0) is 0 Å². The van der Waals surface area contributed by atoms with E-state index in [-0.39, 0.29) is 12.5 Å². The summed E-state index contributed by atoms with van der Waals surface area (Å²) in [6, 6.07) is 21.3. The molecular weight excluding hydrogens is 286 g/mol. The Kier molecular flexibility index (Phi) is 4.40. The zero-order valence-corrected chi connectivity index (χ0v) is 13.0. The van der Waals surface area contributed by atoms with Crippen molar-refractivity contribution in [3.05, 3.63) is 83.4 Å². The number of rotatable bonds is 4. The van der Waals surface area contributed by atoms with Crippen LogP contribution < -0.4 is 5.32 Å². The van der Waals surface area contributed by atoms with E-state index in [0.717, 1.165) is 21.9 Å². The Morgan fingerprint density at radius 3 is 2.48 bits per heavy atom. The smallest absolute Gasteiger partial charge is 0.251 e. The fourth-order valence-electron chi connectivity index (χ4n) is 2.65. The Hall–Kier alpha value is -2.65. The monoisotopic (exact) mass is 305 g/mol. The van der Waals surface area contributed by atoms with Gasteiger partial charge in [0.2, 0.25) is 0 Å². The SMILES string of the molecule is Cc1ccccc1C(=O)NCC(O)c1ccc2ccccc2c1. The van der Waals surface area contributed by atoms with Crippen LogP contribution in [0.2, 0.25) is 0 Å². The van der Waals surface area contributed by atoms with E-state index in [0.29, 0.717) is 5.56 Å². The first-order valence-electron chi connectivity index (χ1n) is 7.66. The lowest BCUT2D eigenvalue weighted by molar-refractivity contribution is 0.0916. The van der Waals surface area contributed by atoms with E-state index < -0.39 is 6.10 Å². The molecule has 23 heavy (non-hydrogen) atoms. The van der Waals surface area contributed by atoms with E-state index in [1.807, 2.05) is 67.6 Å². The van der Waals surface area contributed by atoms with Crippen LogP contribution in [0.1, 0.15) is 27.6 Å². The van der Waals surface area contributed by atoms with Gasteiger partial charge in [0.25, 0.3) is 5.91 Å². The summed E-state index contributed by atoms with van der Waals surface area (Å²) in [5, 5.41) is 15.3. The number of aryl methyl sites for hydroxylation is 1. The summed E-state index contributed by atoms with van der Waals surface area (Å²) >= 11 is 0. The number of nitrogens with one attached hydrogen (secondary N) is 1. The number of aliphatic hydroxyl groups is 1. The van der Waals surface area contributed by atoms with Gasteiger partial charge in [-0.15, -0.1) is 0 Å². The lowest BCUT2D eigenvalue weighted by Crippen LogP contribution is -2.28. The minimum absolute atomic E-state index is 0.164. The highest BCUT2D eigenvalue weighted by molar-refractivity contribution is 5.95. The zero-order valence-electron chi connectivity index (χ0n) is 13.0. The van der Waals surface area contributed by atoms with Crippen LogP contribution in [0.25, 0.3) is 10.8 Å². The lowest BCUT2D eigenvalue weighted by atomic mass is 10.0. The maximum atomic E-state index is 12.2. The topological polar surface area (TPSA) is 49.3 Å². The zero-order chi connectivity index (χ0) is 16.2. The molecule has 0 aromatic heterocycles. The van der Waals surface area contributed by atoms with E-state index in [9.17, 15) is 9.90 Å². The summed E-state index contributed by atoms with van der Waals surface area (Å²) in [6.45, 7) is 2.08. The summed E-state index contributed by atoms with van der Waals surface area (Å²) < 4.78 is 0. The van der Waals surface area contributed by atoms with Gasteiger partial charge in [-0.3, -0.25) is 4.79 Å². The van der Waals surface area contributed by atoms with Crippen molar-refractivity contribution >= 4 is 16.7 Å². The van der Waals surface area contributed by atoms with Gasteiger partial charge < -0.3 is 10.4 Å². The standard InChI is InChI=1S/C20H19NO2/c1-14-6-2-5-9-18(14)20(23)21-13-19(22)17-11-10-15-7-3-4-8-16(15)12-17/h2-12,19,22H,13H2,1H3,(H,21,23). The van der Waals surface area contributed by atoms with Gasteiger partial charge in [0.1, 0.15) is 0 Å². The molecule has 0 saturated heterocycles. The number of hydrogen-bond acceptors (Lipinski definition) is 2. The third kappa shape index (κ3) is 3.41. The number of carbonyl (C=O) groups excluding carboxylic acids is 1. The molecule has 3 nitrogen and oxygen atoms in total.